The minimum Gasteiger partial charge on any atom is -0.481 e. The molecular formula is C9H12N2O. The Balaban J connectivity index is 2.44. The van der Waals surface area contributed by atoms with Crippen LogP contribution in [0.4, 0.5) is 0 Å². The van der Waals surface area contributed by atoms with Gasteiger partial charge in [0, 0.05) is 24.8 Å². The molecule has 0 spiro atoms. The molecule has 0 unspecified atom stereocenters. The first-order valence-corrected chi connectivity index (χ1v) is 4.00. The maximum absolute atomic E-state index is 5.17. The van der Waals surface area contributed by atoms with Gasteiger partial charge in [-0.3, -0.25) is 4.90 Å². The van der Waals surface area contributed by atoms with Gasteiger partial charge < -0.3 is 4.74 Å². The number of hydrogen-bond acceptors (Lipinski definition) is 3. The maximum atomic E-state index is 5.17. The third-order valence-electron chi connectivity index (χ3n) is 2.17. The summed E-state index contributed by atoms with van der Waals surface area (Å²) < 4.78 is 5.17. The number of methoxy groups -OCH3 is 1. The summed E-state index contributed by atoms with van der Waals surface area (Å²) in [5.41, 5.74) is 2.58. The maximum Gasteiger partial charge on any atom is 0.217 e. The fraction of sp³-hybridized carbons (Fsp3) is 0.444. The molecule has 12 heavy (non-hydrogen) atoms. The van der Waals surface area contributed by atoms with Crippen LogP contribution in [0.2, 0.25) is 0 Å². The molecule has 2 rings (SSSR count). The van der Waals surface area contributed by atoms with E-state index in [1.807, 2.05) is 0 Å². The molecule has 3 nitrogen and oxygen atoms in total. The van der Waals surface area contributed by atoms with Crippen molar-refractivity contribution < 1.29 is 4.74 Å². The molecule has 0 radical (unpaired) electrons. The van der Waals surface area contributed by atoms with Crippen LogP contribution in [0, 0.1) is 0 Å². The second-order valence-electron chi connectivity index (χ2n) is 3.13. The van der Waals surface area contributed by atoms with Crippen LogP contribution < -0.4 is 4.74 Å². The molecule has 0 bridgehead atoms. The van der Waals surface area contributed by atoms with E-state index in [1.165, 1.54) is 11.1 Å². The normalized spacial score (nSPS) is 16.2. The molecule has 1 aliphatic rings. The Bertz CT molecular complexity index is 299. The molecule has 0 saturated heterocycles. The first-order chi connectivity index (χ1) is 5.81. The molecule has 0 fully saturated rings. The number of rotatable bonds is 1. The van der Waals surface area contributed by atoms with Gasteiger partial charge in [-0.2, -0.15) is 0 Å². The lowest BCUT2D eigenvalue weighted by Crippen LogP contribution is -2.07. The Labute approximate surface area is 72.0 Å². The first kappa shape index (κ1) is 7.55. The summed E-state index contributed by atoms with van der Waals surface area (Å²) >= 11 is 0. The van der Waals surface area contributed by atoms with Gasteiger partial charge in [-0.05, 0) is 18.7 Å². The second-order valence-corrected chi connectivity index (χ2v) is 3.13. The van der Waals surface area contributed by atoms with E-state index >= 15 is 0 Å². The highest BCUT2D eigenvalue weighted by Gasteiger charge is 2.19. The molecule has 0 amide bonds. The summed E-state index contributed by atoms with van der Waals surface area (Å²) in [6, 6.07) is 2.06. The van der Waals surface area contributed by atoms with Crippen molar-refractivity contribution in [3.8, 4) is 5.88 Å². The highest BCUT2D eigenvalue weighted by Crippen LogP contribution is 2.27. The van der Waals surface area contributed by atoms with Crippen LogP contribution in [0.15, 0.2) is 12.3 Å². The minimum absolute atomic E-state index is 0.775. The Morgan fingerprint density at radius 2 is 2.33 bits per heavy atom. The van der Waals surface area contributed by atoms with Crippen molar-refractivity contribution in [2.45, 2.75) is 13.1 Å². The van der Waals surface area contributed by atoms with E-state index in [0.717, 1.165) is 19.0 Å². The topological polar surface area (TPSA) is 25.4 Å². The average Bonchev–Trinajstić information content (AvgIpc) is 2.44. The van der Waals surface area contributed by atoms with Crippen molar-refractivity contribution in [1.29, 1.82) is 0 Å². The van der Waals surface area contributed by atoms with E-state index in [4.69, 9.17) is 4.74 Å². The number of pyridine rings is 1. The molecule has 0 saturated carbocycles. The lowest BCUT2D eigenvalue weighted by molar-refractivity contribution is 0.343. The Kier molecular flexibility index (Phi) is 1.73. The van der Waals surface area contributed by atoms with E-state index in [1.54, 1.807) is 13.3 Å². The van der Waals surface area contributed by atoms with Crippen molar-refractivity contribution in [2.75, 3.05) is 14.2 Å². The van der Waals surface area contributed by atoms with Crippen LogP contribution in [0.5, 0.6) is 5.88 Å². The number of fused-ring (bicyclic) bond motifs is 1. The van der Waals surface area contributed by atoms with Gasteiger partial charge in [0.25, 0.3) is 0 Å². The standard InChI is InChI=1S/C9H12N2O/c1-11-5-7-3-4-10-9(12-2)8(7)6-11/h3-4H,5-6H2,1-2H3. The van der Waals surface area contributed by atoms with Crippen LogP contribution in [0.25, 0.3) is 0 Å². The number of aromatic nitrogens is 1. The SMILES string of the molecule is COc1nccc2c1CN(C)C2. The van der Waals surface area contributed by atoms with Crippen molar-refractivity contribution in [1.82, 2.24) is 9.88 Å². The monoisotopic (exact) mass is 164 g/mol. The molecule has 0 aromatic carbocycles. The first-order valence-electron chi connectivity index (χ1n) is 4.00. The Hall–Kier alpha value is -1.09. The molecule has 2 heterocycles. The summed E-state index contributed by atoms with van der Waals surface area (Å²) in [6.07, 6.45) is 1.80. The highest BCUT2D eigenvalue weighted by molar-refractivity contribution is 5.36. The highest BCUT2D eigenvalue weighted by atomic mass is 16.5. The molecule has 1 aromatic rings. The quantitative estimate of drug-likeness (QED) is 0.620. The Morgan fingerprint density at radius 1 is 1.50 bits per heavy atom. The fourth-order valence-electron chi connectivity index (χ4n) is 1.62. The number of ether oxygens (including phenoxy) is 1. The second kappa shape index (κ2) is 2.75. The van der Waals surface area contributed by atoms with E-state index in [0.29, 0.717) is 0 Å². The van der Waals surface area contributed by atoms with Gasteiger partial charge in [0.1, 0.15) is 0 Å². The van der Waals surface area contributed by atoms with Crippen LogP contribution in [0.1, 0.15) is 11.1 Å². The molecule has 1 aliphatic heterocycles. The van der Waals surface area contributed by atoms with E-state index < -0.39 is 0 Å². The van der Waals surface area contributed by atoms with Crippen molar-refractivity contribution in [3.63, 3.8) is 0 Å². The van der Waals surface area contributed by atoms with Gasteiger partial charge >= 0.3 is 0 Å². The van der Waals surface area contributed by atoms with Crippen LogP contribution in [-0.4, -0.2) is 24.0 Å². The summed E-state index contributed by atoms with van der Waals surface area (Å²) in [7, 11) is 3.76. The van der Waals surface area contributed by atoms with E-state index in [2.05, 4.69) is 23.0 Å². The van der Waals surface area contributed by atoms with Crippen LogP contribution >= 0.6 is 0 Å². The minimum atomic E-state index is 0.775. The zero-order valence-electron chi connectivity index (χ0n) is 7.37. The summed E-state index contributed by atoms with van der Waals surface area (Å²) in [4.78, 5) is 6.40. The molecule has 1 aromatic heterocycles. The van der Waals surface area contributed by atoms with Crippen molar-refractivity contribution >= 4 is 0 Å². The molecule has 0 aliphatic carbocycles. The number of hydrogen-bond donors (Lipinski definition) is 0. The summed E-state index contributed by atoms with van der Waals surface area (Å²) in [5.74, 6) is 0.775. The third-order valence-corrected chi connectivity index (χ3v) is 2.17. The van der Waals surface area contributed by atoms with Crippen LogP contribution in [-0.2, 0) is 13.1 Å². The molecule has 64 valence electrons. The fourth-order valence-corrected chi connectivity index (χ4v) is 1.62. The van der Waals surface area contributed by atoms with Crippen LogP contribution in [0.3, 0.4) is 0 Å². The molecular weight excluding hydrogens is 152 g/mol. The Morgan fingerprint density at radius 3 is 3.08 bits per heavy atom. The third kappa shape index (κ3) is 1.06. The smallest absolute Gasteiger partial charge is 0.217 e. The zero-order chi connectivity index (χ0) is 8.55. The van der Waals surface area contributed by atoms with Gasteiger partial charge in [0.2, 0.25) is 5.88 Å². The predicted molar refractivity (Wildman–Crippen MR) is 46.0 cm³/mol. The van der Waals surface area contributed by atoms with Gasteiger partial charge in [-0.25, -0.2) is 4.98 Å². The van der Waals surface area contributed by atoms with Gasteiger partial charge in [-0.1, -0.05) is 0 Å². The van der Waals surface area contributed by atoms with E-state index in [9.17, 15) is 0 Å². The summed E-state index contributed by atoms with van der Waals surface area (Å²) in [5, 5.41) is 0. The molecule has 3 heteroatoms. The van der Waals surface area contributed by atoms with Crippen molar-refractivity contribution in [3.05, 3.63) is 23.4 Å². The largest absolute Gasteiger partial charge is 0.481 e. The zero-order valence-corrected chi connectivity index (χ0v) is 7.37. The summed E-state index contributed by atoms with van der Waals surface area (Å²) in [6.45, 7) is 1.96. The van der Waals surface area contributed by atoms with Gasteiger partial charge in [0.05, 0.1) is 7.11 Å². The molecule has 0 N–H and O–H groups in total. The van der Waals surface area contributed by atoms with Gasteiger partial charge in [0.15, 0.2) is 0 Å². The lowest BCUT2D eigenvalue weighted by Gasteiger charge is -2.04. The molecule has 0 atom stereocenters. The van der Waals surface area contributed by atoms with Crippen molar-refractivity contribution in [2.24, 2.45) is 0 Å². The van der Waals surface area contributed by atoms with E-state index in [-0.39, 0.29) is 0 Å². The lowest BCUT2D eigenvalue weighted by atomic mass is 10.2. The predicted octanol–water partition coefficient (Wildman–Crippen LogP) is 1.04. The van der Waals surface area contributed by atoms with Gasteiger partial charge in [-0.15, -0.1) is 0 Å². The number of nitrogens with zero attached hydrogens (tertiary/aromatic N) is 2. The average molecular weight is 164 g/mol.